The van der Waals surface area contributed by atoms with Crippen molar-refractivity contribution in [1.29, 1.82) is 0 Å². The molecule has 2 aromatic rings. The maximum absolute atomic E-state index is 8.96. The highest BCUT2D eigenvalue weighted by Crippen LogP contribution is 2.30. The number of halogens is 2. The van der Waals surface area contributed by atoms with Gasteiger partial charge in [0.05, 0.1) is 30.7 Å². The number of hydrogen-bond donors (Lipinski definition) is 2. The largest absolute Gasteiger partial charge is 0.396 e. The van der Waals surface area contributed by atoms with E-state index in [1.807, 2.05) is 0 Å². The van der Waals surface area contributed by atoms with Gasteiger partial charge in [0.1, 0.15) is 0 Å². The fraction of sp³-hybridized carbons (Fsp3) is 0.182. The minimum Gasteiger partial charge on any atom is -0.396 e. The van der Waals surface area contributed by atoms with Gasteiger partial charge >= 0.3 is 0 Å². The second-order valence-electron chi connectivity index (χ2n) is 3.55. The maximum atomic E-state index is 8.96. The highest BCUT2D eigenvalue weighted by Gasteiger charge is 2.11. The van der Waals surface area contributed by atoms with Gasteiger partial charge in [-0.25, -0.2) is 0 Å². The fourth-order valence-corrected chi connectivity index (χ4v) is 2.20. The van der Waals surface area contributed by atoms with Crippen LogP contribution in [0, 0.1) is 0 Å². The number of hydrogen-bond acceptors (Lipinski definition) is 3. The molecule has 0 radical (unpaired) electrons. The number of aromatic nitrogens is 2. The molecule has 6 heteroatoms. The lowest BCUT2D eigenvalue weighted by Gasteiger charge is -2.08. The first kappa shape index (κ1) is 12.2. The monoisotopic (exact) mass is 271 g/mol. The van der Waals surface area contributed by atoms with E-state index in [1.54, 1.807) is 29.1 Å². The molecule has 0 atom stereocenters. The predicted octanol–water partition coefficient (Wildman–Crippen LogP) is 2.43. The molecule has 0 spiro atoms. The average molecular weight is 272 g/mol. The van der Waals surface area contributed by atoms with Crippen molar-refractivity contribution in [2.45, 2.75) is 6.54 Å². The van der Waals surface area contributed by atoms with Crippen molar-refractivity contribution in [1.82, 2.24) is 9.78 Å². The molecule has 0 bridgehead atoms. The predicted molar refractivity (Wildman–Crippen MR) is 69.2 cm³/mol. The van der Waals surface area contributed by atoms with Gasteiger partial charge in [0.15, 0.2) is 0 Å². The second-order valence-corrected chi connectivity index (χ2v) is 4.43. The van der Waals surface area contributed by atoms with Crippen LogP contribution in [-0.2, 0) is 6.54 Å². The number of rotatable bonds is 3. The zero-order valence-corrected chi connectivity index (χ0v) is 10.4. The number of anilines is 1. The molecule has 0 fully saturated rings. The molecular formula is C11H11Cl2N3O. The first-order valence-corrected chi connectivity index (χ1v) is 5.76. The Morgan fingerprint density at radius 1 is 1.24 bits per heavy atom. The van der Waals surface area contributed by atoms with Crippen LogP contribution in [-0.4, -0.2) is 21.5 Å². The van der Waals surface area contributed by atoms with Crippen LogP contribution in [0.4, 0.5) is 5.69 Å². The van der Waals surface area contributed by atoms with Crippen LogP contribution in [0.5, 0.6) is 0 Å². The topological polar surface area (TPSA) is 64.1 Å². The Morgan fingerprint density at radius 2 is 1.88 bits per heavy atom. The Balaban J connectivity index is 2.54. The third-order valence-electron chi connectivity index (χ3n) is 2.32. The molecule has 0 amide bonds. The van der Waals surface area contributed by atoms with Gasteiger partial charge < -0.3 is 10.8 Å². The summed E-state index contributed by atoms with van der Waals surface area (Å²) in [4.78, 5) is 0. The zero-order chi connectivity index (χ0) is 12.4. The van der Waals surface area contributed by atoms with Crippen LogP contribution in [0.1, 0.15) is 0 Å². The lowest BCUT2D eigenvalue weighted by atomic mass is 10.1. The molecule has 90 valence electrons. The number of aliphatic hydroxyl groups is 1. The number of nitrogen functional groups attached to an aromatic ring is 1. The molecule has 0 aliphatic carbocycles. The van der Waals surface area contributed by atoms with Crippen molar-refractivity contribution in [3.05, 3.63) is 34.4 Å². The summed E-state index contributed by atoms with van der Waals surface area (Å²) in [5.41, 5.74) is 7.87. The van der Waals surface area contributed by atoms with Crippen molar-refractivity contribution in [2.24, 2.45) is 0 Å². The van der Waals surface area contributed by atoms with Crippen LogP contribution >= 0.6 is 23.2 Å². The molecule has 0 saturated carbocycles. The van der Waals surface area contributed by atoms with Gasteiger partial charge in [-0.15, -0.1) is 0 Å². The maximum Gasteiger partial charge on any atom is 0.0914 e. The molecule has 2 rings (SSSR count). The van der Waals surface area contributed by atoms with E-state index in [0.29, 0.717) is 28.0 Å². The Bertz CT molecular complexity index is 519. The molecule has 0 aliphatic heterocycles. The summed E-state index contributed by atoms with van der Waals surface area (Å²) in [6.45, 7) is 0.360. The van der Waals surface area contributed by atoms with Crippen molar-refractivity contribution in [3.63, 3.8) is 0 Å². The molecule has 1 heterocycles. The Labute approximate surface area is 109 Å². The number of aliphatic hydroxyl groups excluding tert-OH is 1. The lowest BCUT2D eigenvalue weighted by molar-refractivity contribution is 0.270. The van der Waals surface area contributed by atoms with Crippen LogP contribution in [0.3, 0.4) is 0 Å². The van der Waals surface area contributed by atoms with Gasteiger partial charge in [0, 0.05) is 15.6 Å². The minimum absolute atomic E-state index is 0.0115. The van der Waals surface area contributed by atoms with E-state index in [2.05, 4.69) is 5.10 Å². The van der Waals surface area contributed by atoms with E-state index in [0.717, 1.165) is 5.56 Å². The first-order valence-electron chi connectivity index (χ1n) is 5.00. The number of nitrogens with two attached hydrogens (primary N) is 1. The third-order valence-corrected chi connectivity index (χ3v) is 2.75. The van der Waals surface area contributed by atoms with Gasteiger partial charge in [-0.2, -0.15) is 5.10 Å². The summed E-state index contributed by atoms with van der Waals surface area (Å²) in [7, 11) is 0. The second kappa shape index (κ2) is 4.96. The number of benzene rings is 1. The molecule has 17 heavy (non-hydrogen) atoms. The van der Waals surface area contributed by atoms with E-state index in [1.165, 1.54) is 0 Å². The molecule has 1 aromatic heterocycles. The smallest absolute Gasteiger partial charge is 0.0914 e. The van der Waals surface area contributed by atoms with Gasteiger partial charge in [-0.3, -0.25) is 4.68 Å². The number of nitrogens with zero attached hydrogens (tertiary/aromatic N) is 2. The van der Waals surface area contributed by atoms with E-state index in [4.69, 9.17) is 34.0 Å². The zero-order valence-electron chi connectivity index (χ0n) is 8.90. The van der Waals surface area contributed by atoms with Crippen molar-refractivity contribution in [2.75, 3.05) is 12.3 Å². The Morgan fingerprint density at radius 3 is 2.47 bits per heavy atom. The lowest BCUT2D eigenvalue weighted by Crippen LogP contribution is -2.06. The summed E-state index contributed by atoms with van der Waals surface area (Å²) in [5.74, 6) is 0. The third kappa shape index (κ3) is 2.54. The molecular weight excluding hydrogens is 261 g/mol. The van der Waals surface area contributed by atoms with E-state index < -0.39 is 0 Å². The summed E-state index contributed by atoms with van der Waals surface area (Å²) in [6, 6.07) is 5.17. The van der Waals surface area contributed by atoms with Crippen LogP contribution < -0.4 is 5.73 Å². The van der Waals surface area contributed by atoms with Gasteiger partial charge in [0.2, 0.25) is 0 Å². The average Bonchev–Trinajstić information content (AvgIpc) is 2.59. The van der Waals surface area contributed by atoms with Gasteiger partial charge in [-0.05, 0) is 18.2 Å². The summed E-state index contributed by atoms with van der Waals surface area (Å²) < 4.78 is 1.62. The summed E-state index contributed by atoms with van der Waals surface area (Å²) in [5, 5.41) is 14.1. The normalized spacial score (nSPS) is 10.8. The SMILES string of the molecule is Nc1cnn(CCO)c1-c1cc(Cl)cc(Cl)c1. The van der Waals surface area contributed by atoms with Crippen molar-refractivity contribution >= 4 is 28.9 Å². The summed E-state index contributed by atoms with van der Waals surface area (Å²) in [6.07, 6.45) is 1.54. The van der Waals surface area contributed by atoms with Crippen LogP contribution in [0.25, 0.3) is 11.3 Å². The first-order chi connectivity index (χ1) is 8.11. The molecule has 0 unspecified atom stereocenters. The fourth-order valence-electron chi connectivity index (χ4n) is 1.67. The highest BCUT2D eigenvalue weighted by atomic mass is 35.5. The highest BCUT2D eigenvalue weighted by molar-refractivity contribution is 6.35. The van der Waals surface area contributed by atoms with Crippen LogP contribution in [0.15, 0.2) is 24.4 Å². The minimum atomic E-state index is -0.0115. The molecule has 4 nitrogen and oxygen atoms in total. The van der Waals surface area contributed by atoms with E-state index in [-0.39, 0.29) is 6.61 Å². The van der Waals surface area contributed by atoms with Gasteiger partial charge in [-0.1, -0.05) is 23.2 Å². The molecule has 0 saturated heterocycles. The van der Waals surface area contributed by atoms with Gasteiger partial charge in [0.25, 0.3) is 0 Å². The van der Waals surface area contributed by atoms with Crippen LogP contribution in [0.2, 0.25) is 10.0 Å². The van der Waals surface area contributed by atoms with Crippen molar-refractivity contribution < 1.29 is 5.11 Å². The Hall–Kier alpha value is -1.23. The standard InChI is InChI=1S/C11H11Cl2N3O/c12-8-3-7(4-9(13)5-8)11-10(14)6-15-16(11)1-2-17/h3-6,17H,1-2,14H2. The van der Waals surface area contributed by atoms with E-state index in [9.17, 15) is 0 Å². The molecule has 3 N–H and O–H groups in total. The summed E-state index contributed by atoms with van der Waals surface area (Å²) >= 11 is 11.9. The quantitative estimate of drug-likeness (QED) is 0.901. The van der Waals surface area contributed by atoms with Crippen molar-refractivity contribution in [3.8, 4) is 11.3 Å². The Kier molecular flexibility index (Phi) is 3.57. The van der Waals surface area contributed by atoms with E-state index >= 15 is 0 Å². The molecule has 1 aromatic carbocycles. The molecule has 0 aliphatic rings.